The highest BCUT2D eigenvalue weighted by Gasteiger charge is 2.25. The molecule has 0 aliphatic carbocycles. The van der Waals surface area contributed by atoms with Gasteiger partial charge in [-0.25, -0.2) is 0 Å². The fourth-order valence-corrected chi connectivity index (χ4v) is 2.51. The molecule has 2 aromatic heterocycles. The minimum absolute atomic E-state index is 0.0776. The molecule has 1 fully saturated rings. The number of β-amino-alcohol motifs (C(OH)–C–C–N with tert-alkyl or cyclic N) is 1. The first-order chi connectivity index (χ1) is 10.2. The second-order valence-electron chi connectivity index (χ2n) is 5.10. The van der Waals surface area contributed by atoms with Crippen LogP contribution in [0.4, 0.5) is 0 Å². The Bertz CT molecular complexity index is 557. The number of nitrogens with zero attached hydrogens (tertiary/aromatic N) is 2. The van der Waals surface area contributed by atoms with Crippen molar-refractivity contribution in [2.24, 2.45) is 0 Å². The van der Waals surface area contributed by atoms with E-state index in [0.717, 1.165) is 13.1 Å². The van der Waals surface area contributed by atoms with E-state index in [9.17, 15) is 9.90 Å². The molecule has 0 radical (unpaired) electrons. The van der Waals surface area contributed by atoms with Crippen molar-refractivity contribution in [2.45, 2.75) is 6.10 Å². The summed E-state index contributed by atoms with van der Waals surface area (Å²) in [4.78, 5) is 16.0. The van der Waals surface area contributed by atoms with Gasteiger partial charge in [-0.1, -0.05) is 0 Å². The Morgan fingerprint density at radius 3 is 2.48 bits per heavy atom. The standard InChI is InChI=1S/C15H18N2O4/c18-12(13-3-1-9-20-13)11-16-5-7-17(8-6-16)15(19)14-4-2-10-21-14/h1-4,9-10,12,18H,5-8,11H2/t12-/m1/s1. The lowest BCUT2D eigenvalue weighted by Crippen LogP contribution is -2.49. The predicted octanol–water partition coefficient (Wildman–Crippen LogP) is 1.36. The number of amides is 1. The molecule has 1 N–H and O–H groups in total. The van der Waals surface area contributed by atoms with Crippen LogP contribution < -0.4 is 0 Å². The van der Waals surface area contributed by atoms with Gasteiger partial charge in [0.05, 0.1) is 12.5 Å². The van der Waals surface area contributed by atoms with Crippen molar-refractivity contribution in [3.8, 4) is 0 Å². The average Bonchev–Trinajstić information content (AvgIpc) is 3.20. The van der Waals surface area contributed by atoms with Gasteiger partial charge < -0.3 is 18.8 Å². The third-order valence-electron chi connectivity index (χ3n) is 3.69. The van der Waals surface area contributed by atoms with Crippen molar-refractivity contribution in [3.63, 3.8) is 0 Å². The van der Waals surface area contributed by atoms with E-state index in [2.05, 4.69) is 4.90 Å². The van der Waals surface area contributed by atoms with Gasteiger partial charge >= 0.3 is 0 Å². The molecule has 1 amide bonds. The van der Waals surface area contributed by atoms with Crippen LogP contribution in [0.15, 0.2) is 45.6 Å². The van der Waals surface area contributed by atoms with Crippen LogP contribution in [0.1, 0.15) is 22.4 Å². The minimum atomic E-state index is -0.632. The summed E-state index contributed by atoms with van der Waals surface area (Å²) in [5.74, 6) is 0.870. The third-order valence-corrected chi connectivity index (χ3v) is 3.69. The second-order valence-corrected chi connectivity index (χ2v) is 5.10. The van der Waals surface area contributed by atoms with Crippen LogP contribution in [0, 0.1) is 0 Å². The van der Waals surface area contributed by atoms with E-state index < -0.39 is 6.10 Å². The summed E-state index contributed by atoms with van der Waals surface area (Å²) in [5.41, 5.74) is 0. The summed E-state index contributed by atoms with van der Waals surface area (Å²) >= 11 is 0. The zero-order valence-electron chi connectivity index (χ0n) is 11.6. The Hall–Kier alpha value is -2.05. The fraction of sp³-hybridized carbons (Fsp3) is 0.400. The second kappa shape index (κ2) is 6.15. The summed E-state index contributed by atoms with van der Waals surface area (Å²) in [5, 5.41) is 10.1. The van der Waals surface area contributed by atoms with E-state index in [4.69, 9.17) is 8.83 Å². The first kappa shape index (κ1) is 13.9. The van der Waals surface area contributed by atoms with Gasteiger partial charge in [0.1, 0.15) is 11.9 Å². The Morgan fingerprint density at radius 1 is 1.14 bits per heavy atom. The molecule has 0 spiro atoms. The van der Waals surface area contributed by atoms with Gasteiger partial charge in [0, 0.05) is 32.7 Å². The average molecular weight is 290 g/mol. The molecular formula is C15H18N2O4. The number of carbonyl (C=O) groups is 1. The van der Waals surface area contributed by atoms with Gasteiger partial charge in [-0.15, -0.1) is 0 Å². The van der Waals surface area contributed by atoms with Gasteiger partial charge in [0.2, 0.25) is 0 Å². The molecule has 1 aliphatic heterocycles. The van der Waals surface area contributed by atoms with Crippen LogP contribution in [0.5, 0.6) is 0 Å². The topological polar surface area (TPSA) is 70.1 Å². The van der Waals surface area contributed by atoms with Crippen molar-refractivity contribution in [2.75, 3.05) is 32.7 Å². The lowest BCUT2D eigenvalue weighted by molar-refractivity contribution is 0.0465. The van der Waals surface area contributed by atoms with Crippen LogP contribution in [0.3, 0.4) is 0 Å². The smallest absolute Gasteiger partial charge is 0.289 e. The molecule has 112 valence electrons. The van der Waals surface area contributed by atoms with Crippen LogP contribution in [0.25, 0.3) is 0 Å². The Morgan fingerprint density at radius 2 is 1.86 bits per heavy atom. The highest BCUT2D eigenvalue weighted by Crippen LogP contribution is 2.16. The molecule has 3 heterocycles. The number of hydrogen-bond acceptors (Lipinski definition) is 5. The third kappa shape index (κ3) is 3.17. The Labute approximate surface area is 122 Å². The fourth-order valence-electron chi connectivity index (χ4n) is 2.51. The molecule has 6 nitrogen and oxygen atoms in total. The maximum absolute atomic E-state index is 12.1. The van der Waals surface area contributed by atoms with Gasteiger partial charge in [0.25, 0.3) is 5.91 Å². The molecule has 0 saturated carbocycles. The van der Waals surface area contributed by atoms with E-state index in [0.29, 0.717) is 31.2 Å². The molecule has 3 rings (SSSR count). The largest absolute Gasteiger partial charge is 0.467 e. The SMILES string of the molecule is O=C(c1ccco1)N1CCN(C[C@@H](O)c2ccco2)CC1. The summed E-state index contributed by atoms with van der Waals surface area (Å²) < 4.78 is 10.3. The van der Waals surface area contributed by atoms with Crippen LogP contribution >= 0.6 is 0 Å². The van der Waals surface area contributed by atoms with Gasteiger partial charge in [-0.2, -0.15) is 0 Å². The number of piperazine rings is 1. The number of aliphatic hydroxyl groups excluding tert-OH is 1. The minimum Gasteiger partial charge on any atom is -0.467 e. The predicted molar refractivity (Wildman–Crippen MR) is 74.7 cm³/mol. The van der Waals surface area contributed by atoms with E-state index in [1.54, 1.807) is 35.4 Å². The van der Waals surface area contributed by atoms with Crippen molar-refractivity contribution in [3.05, 3.63) is 48.3 Å². The zero-order chi connectivity index (χ0) is 14.7. The molecule has 2 aromatic rings. The number of rotatable bonds is 4. The molecular weight excluding hydrogens is 272 g/mol. The van der Waals surface area contributed by atoms with Gasteiger partial charge in [0.15, 0.2) is 5.76 Å². The number of furan rings is 2. The van der Waals surface area contributed by atoms with Crippen LogP contribution in [-0.2, 0) is 0 Å². The van der Waals surface area contributed by atoms with Crippen LogP contribution in [0.2, 0.25) is 0 Å². The van der Waals surface area contributed by atoms with Crippen LogP contribution in [-0.4, -0.2) is 53.5 Å². The van der Waals surface area contributed by atoms with E-state index in [-0.39, 0.29) is 5.91 Å². The highest BCUT2D eigenvalue weighted by molar-refractivity contribution is 5.91. The summed E-state index contributed by atoms with van der Waals surface area (Å²) in [6.07, 6.45) is 2.43. The Balaban J connectivity index is 1.50. The van der Waals surface area contributed by atoms with Crippen molar-refractivity contribution >= 4 is 5.91 Å². The Kier molecular flexibility index (Phi) is 4.08. The first-order valence-corrected chi connectivity index (χ1v) is 7.00. The zero-order valence-corrected chi connectivity index (χ0v) is 11.6. The van der Waals surface area contributed by atoms with Gasteiger partial charge in [-0.05, 0) is 24.3 Å². The molecule has 0 bridgehead atoms. The highest BCUT2D eigenvalue weighted by atomic mass is 16.4. The molecule has 0 unspecified atom stereocenters. The maximum Gasteiger partial charge on any atom is 0.289 e. The number of hydrogen-bond donors (Lipinski definition) is 1. The lowest BCUT2D eigenvalue weighted by atomic mass is 10.2. The lowest BCUT2D eigenvalue weighted by Gasteiger charge is -2.34. The summed E-state index contributed by atoms with van der Waals surface area (Å²) in [7, 11) is 0. The number of carbonyl (C=O) groups excluding carboxylic acids is 1. The molecule has 21 heavy (non-hydrogen) atoms. The summed E-state index contributed by atoms with van der Waals surface area (Å²) in [6, 6.07) is 6.92. The molecule has 0 aromatic carbocycles. The maximum atomic E-state index is 12.1. The summed E-state index contributed by atoms with van der Waals surface area (Å²) in [6.45, 7) is 3.22. The molecule has 1 aliphatic rings. The van der Waals surface area contributed by atoms with E-state index in [1.807, 2.05) is 0 Å². The monoisotopic (exact) mass is 290 g/mol. The molecule has 1 atom stereocenters. The quantitative estimate of drug-likeness (QED) is 0.920. The van der Waals surface area contributed by atoms with E-state index in [1.165, 1.54) is 6.26 Å². The molecule has 1 saturated heterocycles. The number of aliphatic hydroxyl groups is 1. The first-order valence-electron chi connectivity index (χ1n) is 7.00. The van der Waals surface area contributed by atoms with Crippen molar-refractivity contribution in [1.82, 2.24) is 9.80 Å². The van der Waals surface area contributed by atoms with E-state index >= 15 is 0 Å². The van der Waals surface area contributed by atoms with Gasteiger partial charge in [-0.3, -0.25) is 9.69 Å². The normalized spacial score (nSPS) is 17.9. The molecule has 6 heteroatoms. The van der Waals surface area contributed by atoms with Crippen molar-refractivity contribution < 1.29 is 18.7 Å². The van der Waals surface area contributed by atoms with Crippen molar-refractivity contribution in [1.29, 1.82) is 0 Å².